The molecule has 0 radical (unpaired) electrons. The monoisotopic (exact) mass is 284 g/mol. The number of rotatable bonds is 5. The van der Waals surface area contributed by atoms with Gasteiger partial charge in [0, 0.05) is 24.0 Å². The second-order valence-corrected chi connectivity index (χ2v) is 6.41. The molecule has 0 amide bonds. The van der Waals surface area contributed by atoms with Crippen molar-refractivity contribution in [2.75, 3.05) is 0 Å². The van der Waals surface area contributed by atoms with Gasteiger partial charge < -0.3 is 5.32 Å². The third kappa shape index (κ3) is 3.32. The quantitative estimate of drug-likeness (QED) is 0.916. The van der Waals surface area contributed by atoms with Crippen LogP contribution in [0.2, 0.25) is 0 Å². The van der Waals surface area contributed by atoms with E-state index in [1.165, 1.54) is 18.4 Å². The molecule has 1 fully saturated rings. The fourth-order valence-corrected chi connectivity index (χ4v) is 2.51. The second-order valence-electron chi connectivity index (χ2n) is 6.41. The summed E-state index contributed by atoms with van der Waals surface area (Å²) in [5, 5.41) is 8.14. The van der Waals surface area contributed by atoms with Gasteiger partial charge in [-0.25, -0.2) is 9.67 Å². The van der Waals surface area contributed by atoms with Gasteiger partial charge in [0.25, 0.3) is 0 Å². The van der Waals surface area contributed by atoms with Gasteiger partial charge in [-0.2, -0.15) is 5.10 Å². The van der Waals surface area contributed by atoms with Crippen LogP contribution in [0.15, 0.2) is 18.2 Å². The molecular weight excluding hydrogens is 260 g/mol. The standard InChI is InChI=1S/C17H24N4/c1-11(2)16-8-14(10-18-15-5-6-15)9-17(19-16)21-13(4)7-12(3)20-21/h7-9,11,15,18H,5-6,10H2,1-4H3. The minimum absolute atomic E-state index is 0.418. The van der Waals surface area contributed by atoms with Crippen LogP contribution in [0.5, 0.6) is 0 Å². The lowest BCUT2D eigenvalue weighted by molar-refractivity contribution is 0.680. The molecule has 21 heavy (non-hydrogen) atoms. The first-order valence-electron chi connectivity index (χ1n) is 7.81. The summed E-state index contributed by atoms with van der Waals surface area (Å²) < 4.78 is 1.95. The topological polar surface area (TPSA) is 42.7 Å². The fourth-order valence-electron chi connectivity index (χ4n) is 2.51. The van der Waals surface area contributed by atoms with Crippen LogP contribution in [0.25, 0.3) is 5.82 Å². The Kier molecular flexibility index (Phi) is 3.81. The number of nitrogens with one attached hydrogen (secondary N) is 1. The number of hydrogen-bond donors (Lipinski definition) is 1. The predicted octanol–water partition coefficient (Wildman–Crippen LogP) is 3.26. The first-order chi connectivity index (χ1) is 10.0. The molecule has 0 aliphatic heterocycles. The second kappa shape index (κ2) is 5.60. The lowest BCUT2D eigenvalue weighted by Gasteiger charge is -2.12. The lowest BCUT2D eigenvalue weighted by Crippen LogP contribution is -2.16. The first-order valence-corrected chi connectivity index (χ1v) is 7.81. The van der Waals surface area contributed by atoms with Crippen molar-refractivity contribution < 1.29 is 0 Å². The van der Waals surface area contributed by atoms with Crippen LogP contribution < -0.4 is 5.32 Å². The third-order valence-corrected chi connectivity index (χ3v) is 3.88. The predicted molar refractivity (Wildman–Crippen MR) is 84.8 cm³/mol. The lowest BCUT2D eigenvalue weighted by atomic mass is 10.1. The molecule has 0 aromatic carbocycles. The Morgan fingerprint density at radius 2 is 2.00 bits per heavy atom. The largest absolute Gasteiger partial charge is 0.310 e. The van der Waals surface area contributed by atoms with Crippen molar-refractivity contribution in [3.63, 3.8) is 0 Å². The Morgan fingerprint density at radius 3 is 2.57 bits per heavy atom. The molecular formula is C17H24N4. The zero-order valence-corrected chi connectivity index (χ0v) is 13.3. The highest BCUT2D eigenvalue weighted by molar-refractivity contribution is 5.33. The van der Waals surface area contributed by atoms with Crippen molar-refractivity contribution >= 4 is 0 Å². The number of pyridine rings is 1. The van der Waals surface area contributed by atoms with Crippen molar-refractivity contribution in [2.24, 2.45) is 0 Å². The zero-order valence-electron chi connectivity index (χ0n) is 13.3. The minimum Gasteiger partial charge on any atom is -0.310 e. The van der Waals surface area contributed by atoms with Crippen LogP contribution >= 0.6 is 0 Å². The molecule has 1 N–H and O–H groups in total. The highest BCUT2D eigenvalue weighted by Gasteiger charge is 2.20. The summed E-state index contributed by atoms with van der Waals surface area (Å²) in [5.74, 6) is 1.35. The van der Waals surface area contributed by atoms with Gasteiger partial charge in [-0.1, -0.05) is 13.8 Å². The van der Waals surface area contributed by atoms with Crippen LogP contribution in [0.4, 0.5) is 0 Å². The fraction of sp³-hybridized carbons (Fsp3) is 0.529. The van der Waals surface area contributed by atoms with Gasteiger partial charge in [0.2, 0.25) is 0 Å². The van der Waals surface area contributed by atoms with E-state index in [0.717, 1.165) is 35.5 Å². The van der Waals surface area contributed by atoms with Crippen LogP contribution in [-0.4, -0.2) is 20.8 Å². The van der Waals surface area contributed by atoms with Crippen LogP contribution in [0, 0.1) is 13.8 Å². The molecule has 3 rings (SSSR count). The van der Waals surface area contributed by atoms with E-state index in [1.54, 1.807) is 0 Å². The van der Waals surface area contributed by atoms with E-state index in [0.29, 0.717) is 5.92 Å². The van der Waals surface area contributed by atoms with Crippen molar-refractivity contribution in [3.05, 3.63) is 40.8 Å². The molecule has 0 atom stereocenters. The van der Waals surface area contributed by atoms with Gasteiger partial charge in [-0.05, 0) is 56.4 Å². The molecule has 1 aliphatic carbocycles. The van der Waals surface area contributed by atoms with E-state index in [4.69, 9.17) is 4.98 Å². The molecule has 1 saturated carbocycles. The average Bonchev–Trinajstić information content (AvgIpc) is 3.20. The van der Waals surface area contributed by atoms with Gasteiger partial charge in [0.05, 0.1) is 5.69 Å². The third-order valence-electron chi connectivity index (χ3n) is 3.88. The van der Waals surface area contributed by atoms with Crippen molar-refractivity contribution in [1.82, 2.24) is 20.1 Å². The maximum atomic E-state index is 4.79. The Balaban J connectivity index is 1.95. The van der Waals surface area contributed by atoms with Crippen molar-refractivity contribution in [2.45, 2.75) is 59.0 Å². The number of nitrogens with zero attached hydrogens (tertiary/aromatic N) is 3. The van der Waals surface area contributed by atoms with Crippen LogP contribution in [-0.2, 0) is 6.54 Å². The first kappa shape index (κ1) is 14.3. The Morgan fingerprint density at radius 1 is 1.24 bits per heavy atom. The van der Waals surface area contributed by atoms with E-state index in [9.17, 15) is 0 Å². The minimum atomic E-state index is 0.418. The Bertz CT molecular complexity index is 638. The summed E-state index contributed by atoms with van der Waals surface area (Å²) in [4.78, 5) is 4.79. The highest BCUT2D eigenvalue weighted by atomic mass is 15.3. The summed E-state index contributed by atoms with van der Waals surface area (Å²) >= 11 is 0. The maximum Gasteiger partial charge on any atom is 0.154 e. The van der Waals surface area contributed by atoms with Crippen LogP contribution in [0.1, 0.15) is 55.3 Å². The Hall–Kier alpha value is -1.68. The van der Waals surface area contributed by atoms with E-state index in [1.807, 2.05) is 11.6 Å². The molecule has 2 aromatic rings. The van der Waals surface area contributed by atoms with Gasteiger partial charge in [0.15, 0.2) is 5.82 Å². The van der Waals surface area contributed by atoms with Crippen molar-refractivity contribution in [3.8, 4) is 5.82 Å². The highest BCUT2D eigenvalue weighted by Crippen LogP contribution is 2.21. The molecule has 112 valence electrons. The van der Waals surface area contributed by atoms with E-state index < -0.39 is 0 Å². The molecule has 0 spiro atoms. The molecule has 4 heteroatoms. The summed E-state index contributed by atoms with van der Waals surface area (Å²) in [6.45, 7) is 9.38. The van der Waals surface area contributed by atoms with Gasteiger partial charge in [0.1, 0.15) is 0 Å². The summed E-state index contributed by atoms with van der Waals surface area (Å²) in [7, 11) is 0. The van der Waals surface area contributed by atoms with E-state index >= 15 is 0 Å². The number of hydrogen-bond acceptors (Lipinski definition) is 3. The van der Waals surface area contributed by atoms with E-state index in [-0.39, 0.29) is 0 Å². The van der Waals surface area contributed by atoms with E-state index in [2.05, 4.69) is 49.4 Å². The molecule has 2 heterocycles. The molecule has 0 bridgehead atoms. The van der Waals surface area contributed by atoms with Gasteiger partial charge >= 0.3 is 0 Å². The molecule has 0 unspecified atom stereocenters. The summed E-state index contributed by atoms with van der Waals surface area (Å²) in [5.41, 5.74) is 4.58. The number of aryl methyl sites for hydroxylation is 2. The van der Waals surface area contributed by atoms with Gasteiger partial charge in [-0.15, -0.1) is 0 Å². The maximum absolute atomic E-state index is 4.79. The average molecular weight is 284 g/mol. The van der Waals surface area contributed by atoms with Crippen molar-refractivity contribution in [1.29, 1.82) is 0 Å². The normalized spacial score (nSPS) is 14.9. The molecule has 0 saturated heterocycles. The molecule has 1 aliphatic rings. The van der Waals surface area contributed by atoms with Gasteiger partial charge in [-0.3, -0.25) is 0 Å². The zero-order chi connectivity index (χ0) is 15.0. The summed E-state index contributed by atoms with van der Waals surface area (Å²) in [6, 6.07) is 7.18. The summed E-state index contributed by atoms with van der Waals surface area (Å²) in [6.07, 6.45) is 2.62. The molecule has 4 nitrogen and oxygen atoms in total. The smallest absolute Gasteiger partial charge is 0.154 e. The SMILES string of the molecule is Cc1cc(C)n(-c2cc(CNC3CC3)cc(C(C)C)n2)n1. The van der Waals surface area contributed by atoms with Crippen LogP contribution in [0.3, 0.4) is 0 Å². The Labute approximate surface area is 126 Å². The molecule has 2 aromatic heterocycles. The number of aromatic nitrogens is 3.